The molecular weight excluding hydrogens is 459 g/mol. The summed E-state index contributed by atoms with van der Waals surface area (Å²) in [5, 5.41) is 8.07. The van der Waals surface area contributed by atoms with E-state index in [1.54, 1.807) is 19.3 Å². The lowest BCUT2D eigenvalue weighted by Crippen LogP contribution is -2.40. The Morgan fingerprint density at radius 1 is 1.17 bits per heavy atom. The fourth-order valence-electron chi connectivity index (χ4n) is 3.66. The Balaban J connectivity index is 1.48. The topological polar surface area (TPSA) is 147 Å². The molecule has 0 saturated carbocycles. The molecule has 1 aliphatic heterocycles. The number of rotatable bonds is 8. The van der Waals surface area contributed by atoms with Gasteiger partial charge in [-0.05, 0) is 18.6 Å². The fraction of sp³-hybridized carbons (Fsp3) is 0.292. The highest BCUT2D eigenvalue weighted by Crippen LogP contribution is 2.26. The molecule has 0 unspecified atom stereocenters. The smallest absolute Gasteiger partial charge is 0.278 e. The number of benzene rings is 1. The number of hydrogen-bond donors (Lipinski definition) is 4. The summed E-state index contributed by atoms with van der Waals surface area (Å²) in [4.78, 5) is 39.9. The minimum Gasteiger partial charge on any atom is -0.382 e. The Bertz CT molecular complexity index is 1220. The third kappa shape index (κ3) is 5.96. The maximum absolute atomic E-state index is 13.1. The van der Waals surface area contributed by atoms with Crippen LogP contribution in [0.5, 0.6) is 0 Å². The minimum atomic E-state index is -0.490. The number of pyridine rings is 1. The molecule has 0 spiro atoms. The van der Waals surface area contributed by atoms with Gasteiger partial charge in [0, 0.05) is 31.4 Å². The van der Waals surface area contributed by atoms with Crippen LogP contribution in [-0.4, -0.2) is 67.1 Å². The van der Waals surface area contributed by atoms with Crippen molar-refractivity contribution < 1.29 is 14.3 Å². The van der Waals surface area contributed by atoms with Gasteiger partial charge in [0.25, 0.3) is 5.91 Å². The van der Waals surface area contributed by atoms with Crippen LogP contribution in [0.2, 0.25) is 0 Å². The van der Waals surface area contributed by atoms with E-state index in [4.69, 9.17) is 18.5 Å². The number of carbonyl (C=O) groups is 2. The molecule has 3 aromatic rings. The average Bonchev–Trinajstić information content (AvgIpc) is 2.92. The first-order valence-electron chi connectivity index (χ1n) is 11.5. The number of carbonyl (C=O) groups excluding carboxylic acids is 2. The van der Waals surface area contributed by atoms with Crippen molar-refractivity contribution in [1.82, 2.24) is 25.5 Å². The number of nitrogens with two attached hydrogens (primary N) is 1. The molecule has 1 saturated heterocycles. The van der Waals surface area contributed by atoms with Crippen LogP contribution in [0.4, 0.5) is 17.2 Å². The van der Waals surface area contributed by atoms with Gasteiger partial charge in [-0.15, -0.1) is 0 Å². The van der Waals surface area contributed by atoms with Gasteiger partial charge < -0.3 is 31.2 Å². The van der Waals surface area contributed by atoms with Crippen LogP contribution >= 0.6 is 0 Å². The van der Waals surface area contributed by atoms with Crippen molar-refractivity contribution in [1.29, 1.82) is 0 Å². The highest BCUT2D eigenvalue weighted by atomic mass is 16.5. The number of nitrogens with zero attached hydrogens (tertiary/aromatic N) is 4. The fourth-order valence-corrected chi connectivity index (χ4v) is 3.66. The summed E-state index contributed by atoms with van der Waals surface area (Å²) >= 11 is 0. The van der Waals surface area contributed by atoms with Gasteiger partial charge in [0.2, 0.25) is 5.91 Å². The molecule has 4 rings (SSSR count). The molecule has 2 radical (unpaired) electrons. The first-order chi connectivity index (χ1) is 17.5. The molecule has 2 aromatic heterocycles. The van der Waals surface area contributed by atoms with Gasteiger partial charge in [-0.2, -0.15) is 0 Å². The molecule has 2 amide bonds. The lowest BCUT2D eigenvalue weighted by molar-refractivity contribution is -0.122. The Hall–Kier alpha value is -4.03. The van der Waals surface area contributed by atoms with Crippen LogP contribution in [0.3, 0.4) is 0 Å². The molecule has 11 nitrogen and oxygen atoms in total. The highest BCUT2D eigenvalue weighted by Gasteiger charge is 2.20. The van der Waals surface area contributed by atoms with Crippen LogP contribution in [0, 0.1) is 0 Å². The Morgan fingerprint density at radius 2 is 1.92 bits per heavy atom. The lowest BCUT2D eigenvalue weighted by Gasteiger charge is -2.30. The van der Waals surface area contributed by atoms with Crippen molar-refractivity contribution in [3.05, 3.63) is 60.2 Å². The van der Waals surface area contributed by atoms with Crippen molar-refractivity contribution >= 4 is 37.0 Å². The third-order valence-corrected chi connectivity index (χ3v) is 5.77. The van der Waals surface area contributed by atoms with Gasteiger partial charge in [-0.3, -0.25) is 14.6 Å². The highest BCUT2D eigenvalue weighted by molar-refractivity contribution is 6.07. The second-order valence-corrected chi connectivity index (χ2v) is 8.24. The predicted molar refractivity (Wildman–Crippen MR) is 137 cm³/mol. The standard InChI is InChI=1S/C24H27BN8O3/c1-15(32-25)23(34)29-12-16-2-4-17(5-3-16)18-14-28-22(26)21(30-18)24(35)31-19-13-27-7-6-20(19)33-8-10-36-11-9-33/h2-7,13-15,32H,8-12H2,1H3,(H2,26,28)(H,29,34)(H,31,35)/t15-/m0/s1. The van der Waals surface area contributed by atoms with Gasteiger partial charge in [0.05, 0.1) is 48.7 Å². The van der Waals surface area contributed by atoms with Crippen molar-refractivity contribution in [2.45, 2.75) is 19.5 Å². The normalized spacial score (nSPS) is 14.2. The molecular formula is C24H27BN8O3. The average molecular weight is 486 g/mol. The van der Waals surface area contributed by atoms with Crippen LogP contribution < -0.4 is 26.5 Å². The number of ether oxygens (including phenoxy) is 1. The maximum atomic E-state index is 13.1. The van der Waals surface area contributed by atoms with Crippen molar-refractivity contribution in [2.24, 2.45) is 0 Å². The van der Waals surface area contributed by atoms with Gasteiger partial charge in [0.15, 0.2) is 19.5 Å². The lowest BCUT2D eigenvalue weighted by atomic mass is 10.1. The molecule has 5 N–H and O–H groups in total. The van der Waals surface area contributed by atoms with E-state index in [-0.39, 0.29) is 17.4 Å². The number of morpholine rings is 1. The number of nitrogen functional groups attached to an aromatic ring is 1. The quantitative estimate of drug-likeness (QED) is 0.341. The molecule has 0 aliphatic carbocycles. The van der Waals surface area contributed by atoms with Gasteiger partial charge in [-0.25, -0.2) is 9.97 Å². The van der Waals surface area contributed by atoms with E-state index >= 15 is 0 Å². The summed E-state index contributed by atoms with van der Waals surface area (Å²) in [5.41, 5.74) is 9.56. The Morgan fingerprint density at radius 3 is 2.64 bits per heavy atom. The molecule has 1 fully saturated rings. The first-order valence-corrected chi connectivity index (χ1v) is 11.5. The number of hydrogen-bond acceptors (Lipinski definition) is 9. The van der Waals surface area contributed by atoms with Gasteiger partial charge >= 0.3 is 0 Å². The zero-order valence-corrected chi connectivity index (χ0v) is 19.9. The number of amides is 2. The predicted octanol–water partition coefficient (Wildman–Crippen LogP) is 0.888. The largest absolute Gasteiger partial charge is 0.382 e. The zero-order valence-electron chi connectivity index (χ0n) is 19.9. The molecule has 1 aromatic carbocycles. The van der Waals surface area contributed by atoms with E-state index in [2.05, 4.69) is 35.7 Å². The van der Waals surface area contributed by atoms with Crippen LogP contribution in [0.15, 0.2) is 48.9 Å². The van der Waals surface area contributed by atoms with E-state index in [1.807, 2.05) is 30.3 Å². The molecule has 1 aliphatic rings. The monoisotopic (exact) mass is 486 g/mol. The summed E-state index contributed by atoms with van der Waals surface area (Å²) in [6.45, 7) is 4.68. The van der Waals surface area contributed by atoms with E-state index in [9.17, 15) is 9.59 Å². The summed E-state index contributed by atoms with van der Waals surface area (Å²) in [6.07, 6.45) is 4.79. The third-order valence-electron chi connectivity index (χ3n) is 5.77. The van der Waals surface area contributed by atoms with Crippen molar-refractivity contribution in [3.63, 3.8) is 0 Å². The summed E-state index contributed by atoms with van der Waals surface area (Å²) in [7, 11) is 5.28. The van der Waals surface area contributed by atoms with Crippen LogP contribution in [0.25, 0.3) is 11.3 Å². The van der Waals surface area contributed by atoms with E-state index < -0.39 is 11.9 Å². The first kappa shape index (κ1) is 25.1. The SMILES string of the molecule is [B]N[C@@H](C)C(=O)NCc1ccc(-c2cnc(N)c(C(=O)Nc3cnccc3N3CCOCC3)n2)cc1. The molecule has 1 atom stereocenters. The minimum absolute atomic E-state index is 0.0175. The van der Waals surface area contributed by atoms with Crippen LogP contribution in [0.1, 0.15) is 23.0 Å². The second kappa shape index (κ2) is 11.6. The van der Waals surface area contributed by atoms with Crippen molar-refractivity contribution in [2.75, 3.05) is 42.3 Å². The van der Waals surface area contributed by atoms with Crippen LogP contribution in [-0.2, 0) is 16.1 Å². The number of anilines is 3. The summed E-state index contributed by atoms with van der Waals surface area (Å²) < 4.78 is 5.42. The maximum Gasteiger partial charge on any atom is 0.278 e. The molecule has 36 heavy (non-hydrogen) atoms. The number of nitrogens with one attached hydrogen (secondary N) is 3. The summed E-state index contributed by atoms with van der Waals surface area (Å²) in [6, 6.07) is 8.76. The molecule has 12 heteroatoms. The Kier molecular flexibility index (Phi) is 8.08. The second-order valence-electron chi connectivity index (χ2n) is 8.24. The zero-order chi connectivity index (χ0) is 25.5. The molecule has 3 heterocycles. The van der Waals surface area contributed by atoms with Gasteiger partial charge in [0.1, 0.15) is 0 Å². The summed E-state index contributed by atoms with van der Waals surface area (Å²) in [5.74, 6) is -0.659. The van der Waals surface area contributed by atoms with Crippen molar-refractivity contribution in [3.8, 4) is 11.3 Å². The van der Waals surface area contributed by atoms with E-state index in [0.717, 1.165) is 16.8 Å². The molecule has 184 valence electrons. The van der Waals surface area contributed by atoms with Gasteiger partial charge in [-0.1, -0.05) is 24.3 Å². The molecule has 0 bridgehead atoms. The number of aromatic nitrogens is 3. The van der Waals surface area contributed by atoms with E-state index in [1.165, 1.54) is 6.20 Å². The van der Waals surface area contributed by atoms with E-state index in [0.29, 0.717) is 44.2 Å². The Labute approximate surface area is 210 Å².